The Kier molecular flexibility index (Phi) is 3.69. The van der Waals surface area contributed by atoms with Crippen LogP contribution in [0.15, 0.2) is 46.9 Å². The van der Waals surface area contributed by atoms with Crippen LogP contribution in [0.5, 0.6) is 0 Å². The van der Waals surface area contributed by atoms with Crippen molar-refractivity contribution in [3.8, 4) is 21.9 Å². The van der Waals surface area contributed by atoms with Gasteiger partial charge in [-0.05, 0) is 49.6 Å². The van der Waals surface area contributed by atoms with Gasteiger partial charge in [0.1, 0.15) is 5.52 Å². The predicted octanol–water partition coefficient (Wildman–Crippen LogP) is 5.80. The molecule has 4 heteroatoms. The molecule has 2 aromatic carbocycles. The summed E-state index contributed by atoms with van der Waals surface area (Å²) in [5, 5.41) is 1.10. The van der Waals surface area contributed by atoms with E-state index in [2.05, 4.69) is 48.9 Å². The van der Waals surface area contributed by atoms with E-state index in [9.17, 15) is 0 Å². The van der Waals surface area contributed by atoms with Crippen molar-refractivity contribution in [3.05, 3.63) is 58.7 Å². The number of rotatable bonds is 3. The number of para-hydroxylation sites is 2. The highest BCUT2D eigenvalue weighted by atomic mass is 32.1. The van der Waals surface area contributed by atoms with Crippen molar-refractivity contribution in [1.29, 1.82) is 0 Å². The van der Waals surface area contributed by atoms with Gasteiger partial charge in [-0.1, -0.05) is 31.2 Å². The molecule has 0 N–H and O–H groups in total. The summed E-state index contributed by atoms with van der Waals surface area (Å²) in [5.74, 6) is 0.676. The van der Waals surface area contributed by atoms with E-state index in [1.54, 1.807) is 11.3 Å². The van der Waals surface area contributed by atoms with Crippen LogP contribution in [0, 0.1) is 13.8 Å². The largest absolute Gasteiger partial charge is 0.436 e. The predicted molar refractivity (Wildman–Crippen MR) is 99.4 cm³/mol. The number of aromatic nitrogens is 2. The van der Waals surface area contributed by atoms with Crippen molar-refractivity contribution in [2.24, 2.45) is 0 Å². The lowest BCUT2D eigenvalue weighted by atomic mass is 10.0. The van der Waals surface area contributed by atoms with E-state index in [4.69, 9.17) is 4.42 Å². The number of oxazole rings is 1. The monoisotopic (exact) mass is 334 g/mol. The van der Waals surface area contributed by atoms with Crippen molar-refractivity contribution < 1.29 is 4.42 Å². The molecular weight excluding hydrogens is 316 g/mol. The first-order valence-corrected chi connectivity index (χ1v) is 8.90. The Balaban J connectivity index is 1.87. The molecule has 4 aromatic rings. The molecule has 4 rings (SSSR count). The van der Waals surface area contributed by atoms with Crippen molar-refractivity contribution in [2.45, 2.75) is 27.2 Å². The lowest BCUT2D eigenvalue weighted by Gasteiger charge is -2.06. The number of hydrogen-bond acceptors (Lipinski definition) is 4. The third-order valence-corrected chi connectivity index (χ3v) is 5.23. The van der Waals surface area contributed by atoms with E-state index in [-0.39, 0.29) is 0 Å². The van der Waals surface area contributed by atoms with Crippen molar-refractivity contribution in [1.82, 2.24) is 9.97 Å². The van der Waals surface area contributed by atoms with Gasteiger partial charge in [-0.25, -0.2) is 9.97 Å². The molecular formula is C20H18N2OS. The Morgan fingerprint density at radius 1 is 1.04 bits per heavy atom. The first-order valence-electron chi connectivity index (χ1n) is 8.09. The molecule has 0 spiro atoms. The maximum atomic E-state index is 5.96. The van der Waals surface area contributed by atoms with Gasteiger partial charge in [-0.3, -0.25) is 0 Å². The Bertz CT molecular complexity index is 996. The summed E-state index contributed by atoms with van der Waals surface area (Å²) >= 11 is 1.74. The Labute approximate surface area is 145 Å². The van der Waals surface area contributed by atoms with Gasteiger partial charge in [0.25, 0.3) is 0 Å². The van der Waals surface area contributed by atoms with Crippen LogP contribution >= 0.6 is 11.3 Å². The van der Waals surface area contributed by atoms with Crippen LogP contribution in [0.2, 0.25) is 0 Å². The van der Waals surface area contributed by atoms with Crippen LogP contribution in [0.4, 0.5) is 0 Å². The minimum Gasteiger partial charge on any atom is -0.436 e. The van der Waals surface area contributed by atoms with Gasteiger partial charge >= 0.3 is 0 Å². The maximum absolute atomic E-state index is 5.96. The van der Waals surface area contributed by atoms with Crippen LogP contribution in [0.25, 0.3) is 33.0 Å². The first-order chi connectivity index (χ1) is 11.7. The highest BCUT2D eigenvalue weighted by Gasteiger charge is 2.15. The fraction of sp³-hybridized carbons (Fsp3) is 0.200. The zero-order valence-electron chi connectivity index (χ0n) is 14.0. The molecule has 0 saturated heterocycles. The Morgan fingerprint density at radius 3 is 2.67 bits per heavy atom. The van der Waals surface area contributed by atoms with E-state index in [0.717, 1.165) is 39.3 Å². The molecule has 0 aliphatic heterocycles. The van der Waals surface area contributed by atoms with E-state index < -0.39 is 0 Å². The second-order valence-electron chi connectivity index (χ2n) is 5.88. The first kappa shape index (κ1) is 15.1. The summed E-state index contributed by atoms with van der Waals surface area (Å²) < 4.78 is 5.96. The Hall–Kier alpha value is -2.46. The average molecular weight is 334 g/mol. The Morgan fingerprint density at radius 2 is 1.88 bits per heavy atom. The minimum absolute atomic E-state index is 0.676. The molecule has 0 saturated carbocycles. The summed E-state index contributed by atoms with van der Waals surface area (Å²) in [7, 11) is 0. The normalized spacial score (nSPS) is 11.3. The van der Waals surface area contributed by atoms with Crippen molar-refractivity contribution in [3.63, 3.8) is 0 Å². The molecule has 24 heavy (non-hydrogen) atoms. The summed E-state index contributed by atoms with van der Waals surface area (Å²) in [6.07, 6.45) is 0.936. The van der Waals surface area contributed by atoms with Gasteiger partial charge in [-0.15, -0.1) is 11.3 Å². The molecule has 0 bridgehead atoms. The van der Waals surface area contributed by atoms with Crippen LogP contribution < -0.4 is 0 Å². The van der Waals surface area contributed by atoms with Gasteiger partial charge in [0.15, 0.2) is 5.58 Å². The van der Waals surface area contributed by atoms with Gasteiger partial charge < -0.3 is 4.42 Å². The maximum Gasteiger partial charge on any atom is 0.227 e. The number of thiazole rings is 1. The van der Waals surface area contributed by atoms with Crippen LogP contribution in [0.3, 0.4) is 0 Å². The standard InChI is InChI=1S/C20H18N2OS/c1-4-16-19(24-13(3)21-16)14-10-9-12(2)15(11-14)20-22-17-7-5-6-8-18(17)23-20/h5-11H,4H2,1-3H3. The fourth-order valence-electron chi connectivity index (χ4n) is 2.92. The quantitative estimate of drug-likeness (QED) is 0.475. The third-order valence-electron chi connectivity index (χ3n) is 4.16. The average Bonchev–Trinajstić information content (AvgIpc) is 3.18. The molecule has 0 atom stereocenters. The minimum atomic E-state index is 0.676. The second kappa shape index (κ2) is 5.87. The summed E-state index contributed by atoms with van der Waals surface area (Å²) in [5.41, 5.74) is 6.24. The summed E-state index contributed by atoms with van der Waals surface area (Å²) in [6.45, 7) is 6.30. The molecule has 0 unspecified atom stereocenters. The summed E-state index contributed by atoms with van der Waals surface area (Å²) in [4.78, 5) is 10.5. The lowest BCUT2D eigenvalue weighted by molar-refractivity contribution is 0.619. The number of benzene rings is 2. The van der Waals surface area contributed by atoms with Crippen molar-refractivity contribution in [2.75, 3.05) is 0 Å². The lowest BCUT2D eigenvalue weighted by Crippen LogP contribution is -1.88. The second-order valence-corrected chi connectivity index (χ2v) is 7.08. The molecule has 0 aliphatic rings. The third kappa shape index (κ3) is 2.53. The molecule has 2 heterocycles. The summed E-state index contributed by atoms with van der Waals surface area (Å²) in [6, 6.07) is 14.3. The van der Waals surface area contributed by atoms with Crippen molar-refractivity contribution >= 4 is 22.4 Å². The fourth-order valence-corrected chi connectivity index (χ4v) is 3.92. The number of hydrogen-bond donors (Lipinski definition) is 0. The highest BCUT2D eigenvalue weighted by molar-refractivity contribution is 7.15. The molecule has 0 fully saturated rings. The molecule has 3 nitrogen and oxygen atoms in total. The number of nitrogens with zero attached hydrogens (tertiary/aromatic N) is 2. The van der Waals surface area contributed by atoms with E-state index in [1.807, 2.05) is 24.3 Å². The van der Waals surface area contributed by atoms with Crippen LogP contribution in [-0.2, 0) is 6.42 Å². The van der Waals surface area contributed by atoms with Crippen LogP contribution in [-0.4, -0.2) is 9.97 Å². The van der Waals surface area contributed by atoms with E-state index >= 15 is 0 Å². The number of aryl methyl sites for hydroxylation is 3. The number of fused-ring (bicyclic) bond motifs is 1. The molecule has 120 valence electrons. The zero-order chi connectivity index (χ0) is 16.7. The van der Waals surface area contributed by atoms with Gasteiger partial charge in [0.05, 0.1) is 15.6 Å². The highest BCUT2D eigenvalue weighted by Crippen LogP contribution is 2.35. The van der Waals surface area contributed by atoms with Crippen LogP contribution in [0.1, 0.15) is 23.2 Å². The molecule has 2 aromatic heterocycles. The topological polar surface area (TPSA) is 38.9 Å². The van der Waals surface area contributed by atoms with E-state index in [1.165, 1.54) is 10.4 Å². The van der Waals surface area contributed by atoms with Gasteiger partial charge in [-0.2, -0.15) is 0 Å². The molecule has 0 aliphatic carbocycles. The van der Waals surface area contributed by atoms with Gasteiger partial charge in [0, 0.05) is 5.56 Å². The van der Waals surface area contributed by atoms with Gasteiger partial charge in [0.2, 0.25) is 5.89 Å². The zero-order valence-corrected chi connectivity index (χ0v) is 14.8. The van der Waals surface area contributed by atoms with E-state index in [0.29, 0.717) is 5.89 Å². The smallest absolute Gasteiger partial charge is 0.227 e. The molecule has 0 radical (unpaired) electrons. The SMILES string of the molecule is CCc1nc(C)sc1-c1ccc(C)c(-c2nc3ccccc3o2)c1. The molecule has 0 amide bonds.